The van der Waals surface area contributed by atoms with Crippen molar-refractivity contribution in [1.82, 2.24) is 9.88 Å². The van der Waals surface area contributed by atoms with Crippen LogP contribution in [-0.2, 0) is 0 Å². The molecule has 1 heterocycles. The molecule has 1 amide bonds. The number of carbonyl (C=O) groups is 1. The SMILES string of the molecule is CN(CC#N)C(=O)c1ccnc(Cl)c1. The van der Waals surface area contributed by atoms with Gasteiger partial charge in [0.25, 0.3) is 5.91 Å². The number of carbonyl (C=O) groups excluding carboxylic acids is 1. The predicted molar refractivity (Wildman–Crippen MR) is 51.8 cm³/mol. The highest BCUT2D eigenvalue weighted by molar-refractivity contribution is 6.29. The van der Waals surface area contributed by atoms with Crippen LogP contribution >= 0.6 is 11.6 Å². The minimum atomic E-state index is -0.240. The Hall–Kier alpha value is -1.60. The first-order chi connectivity index (χ1) is 6.65. The quantitative estimate of drug-likeness (QED) is 0.546. The Morgan fingerprint density at radius 1 is 1.79 bits per heavy atom. The first-order valence-corrected chi connectivity index (χ1v) is 4.27. The van der Waals surface area contributed by atoms with Gasteiger partial charge in [0.1, 0.15) is 11.7 Å². The van der Waals surface area contributed by atoms with Crippen molar-refractivity contribution >= 4 is 17.5 Å². The molecule has 1 rings (SSSR count). The maximum atomic E-state index is 11.6. The topological polar surface area (TPSA) is 57.0 Å². The molecule has 4 nitrogen and oxygen atoms in total. The number of pyridine rings is 1. The summed E-state index contributed by atoms with van der Waals surface area (Å²) in [6, 6.07) is 4.92. The van der Waals surface area contributed by atoms with E-state index in [0.717, 1.165) is 0 Å². The fourth-order valence-corrected chi connectivity index (χ4v) is 1.11. The third-order valence-electron chi connectivity index (χ3n) is 1.63. The molecule has 0 saturated heterocycles. The van der Waals surface area contributed by atoms with Crippen LogP contribution in [0.2, 0.25) is 5.15 Å². The average molecular weight is 210 g/mol. The lowest BCUT2D eigenvalue weighted by Gasteiger charge is -2.12. The van der Waals surface area contributed by atoms with Crippen LogP contribution in [0.3, 0.4) is 0 Å². The molecule has 0 saturated carbocycles. The molecule has 0 N–H and O–H groups in total. The van der Waals surface area contributed by atoms with Crippen LogP contribution in [0.25, 0.3) is 0 Å². The number of rotatable bonds is 2. The fourth-order valence-electron chi connectivity index (χ4n) is 0.934. The summed E-state index contributed by atoms with van der Waals surface area (Å²) in [6.45, 7) is 0.0543. The van der Waals surface area contributed by atoms with Crippen LogP contribution in [0, 0.1) is 11.3 Å². The number of nitriles is 1. The van der Waals surface area contributed by atoms with Gasteiger partial charge in [0.05, 0.1) is 6.07 Å². The van der Waals surface area contributed by atoms with Crippen LogP contribution < -0.4 is 0 Å². The maximum Gasteiger partial charge on any atom is 0.254 e. The molecule has 0 aliphatic rings. The van der Waals surface area contributed by atoms with Crippen LogP contribution in [0.1, 0.15) is 10.4 Å². The van der Waals surface area contributed by atoms with Crippen LogP contribution in [0.5, 0.6) is 0 Å². The zero-order valence-corrected chi connectivity index (χ0v) is 8.32. The van der Waals surface area contributed by atoms with Crippen molar-refractivity contribution in [3.8, 4) is 6.07 Å². The molecule has 0 fully saturated rings. The van der Waals surface area contributed by atoms with Crippen LogP contribution in [-0.4, -0.2) is 29.4 Å². The van der Waals surface area contributed by atoms with Gasteiger partial charge in [-0.05, 0) is 12.1 Å². The molecule has 0 bridgehead atoms. The number of aromatic nitrogens is 1. The smallest absolute Gasteiger partial charge is 0.254 e. The van der Waals surface area contributed by atoms with Crippen molar-refractivity contribution in [2.75, 3.05) is 13.6 Å². The molecule has 14 heavy (non-hydrogen) atoms. The van der Waals surface area contributed by atoms with Crippen LogP contribution in [0.4, 0.5) is 0 Å². The normalized spacial score (nSPS) is 9.21. The van der Waals surface area contributed by atoms with Gasteiger partial charge in [-0.1, -0.05) is 11.6 Å². The zero-order valence-electron chi connectivity index (χ0n) is 7.57. The summed E-state index contributed by atoms with van der Waals surface area (Å²) in [7, 11) is 1.56. The number of amides is 1. The van der Waals surface area contributed by atoms with E-state index in [1.54, 1.807) is 13.1 Å². The van der Waals surface area contributed by atoms with Crippen molar-refractivity contribution in [3.63, 3.8) is 0 Å². The lowest BCUT2D eigenvalue weighted by atomic mass is 10.2. The minimum Gasteiger partial charge on any atom is -0.328 e. The van der Waals surface area contributed by atoms with E-state index in [1.807, 2.05) is 6.07 Å². The highest BCUT2D eigenvalue weighted by Gasteiger charge is 2.11. The largest absolute Gasteiger partial charge is 0.328 e. The average Bonchev–Trinajstić information content (AvgIpc) is 2.17. The van der Waals surface area contributed by atoms with E-state index in [-0.39, 0.29) is 17.6 Å². The van der Waals surface area contributed by atoms with Gasteiger partial charge in [0, 0.05) is 18.8 Å². The summed E-state index contributed by atoms with van der Waals surface area (Å²) in [4.78, 5) is 16.6. The fraction of sp³-hybridized carbons (Fsp3) is 0.222. The monoisotopic (exact) mass is 209 g/mol. The molecule has 0 spiro atoms. The van der Waals surface area contributed by atoms with E-state index in [2.05, 4.69) is 4.98 Å². The molecule has 0 aromatic carbocycles. The molecule has 0 radical (unpaired) electrons. The lowest BCUT2D eigenvalue weighted by Crippen LogP contribution is -2.26. The second-order valence-electron chi connectivity index (χ2n) is 2.69. The summed E-state index contributed by atoms with van der Waals surface area (Å²) in [5.41, 5.74) is 0.433. The highest BCUT2D eigenvalue weighted by Crippen LogP contribution is 2.08. The Bertz CT molecular complexity index is 386. The van der Waals surface area contributed by atoms with Crippen molar-refractivity contribution < 1.29 is 4.79 Å². The van der Waals surface area contributed by atoms with Gasteiger partial charge in [-0.25, -0.2) is 4.98 Å². The van der Waals surface area contributed by atoms with Gasteiger partial charge in [0.2, 0.25) is 0 Å². The molecule has 0 aliphatic carbocycles. The third kappa shape index (κ3) is 2.44. The summed E-state index contributed by atoms with van der Waals surface area (Å²) < 4.78 is 0. The van der Waals surface area contributed by atoms with Gasteiger partial charge < -0.3 is 4.90 Å². The van der Waals surface area contributed by atoms with E-state index in [0.29, 0.717) is 5.56 Å². The number of hydrogen-bond donors (Lipinski definition) is 0. The summed E-state index contributed by atoms with van der Waals surface area (Å²) in [5.74, 6) is -0.240. The Morgan fingerprint density at radius 3 is 3.07 bits per heavy atom. The molecule has 0 atom stereocenters. The number of nitrogens with zero attached hydrogens (tertiary/aromatic N) is 3. The van der Waals surface area contributed by atoms with Crippen LogP contribution in [0.15, 0.2) is 18.3 Å². The zero-order chi connectivity index (χ0) is 10.6. The second kappa shape index (κ2) is 4.58. The van der Waals surface area contributed by atoms with Gasteiger partial charge in [0.15, 0.2) is 0 Å². The van der Waals surface area contributed by atoms with E-state index < -0.39 is 0 Å². The minimum absolute atomic E-state index is 0.0543. The standard InChI is InChI=1S/C9H8ClN3O/c1-13(5-3-11)9(14)7-2-4-12-8(10)6-7/h2,4,6H,5H2,1H3. The molecule has 1 aromatic rings. The maximum absolute atomic E-state index is 11.6. The van der Waals surface area contributed by atoms with Gasteiger partial charge in [-0.15, -0.1) is 0 Å². The highest BCUT2D eigenvalue weighted by atomic mass is 35.5. The van der Waals surface area contributed by atoms with Crippen molar-refractivity contribution in [1.29, 1.82) is 5.26 Å². The first-order valence-electron chi connectivity index (χ1n) is 3.89. The van der Waals surface area contributed by atoms with Crippen molar-refractivity contribution in [2.24, 2.45) is 0 Å². The molecule has 0 unspecified atom stereocenters. The first kappa shape index (κ1) is 10.5. The summed E-state index contributed by atoms with van der Waals surface area (Å²) in [6.07, 6.45) is 1.45. The summed E-state index contributed by atoms with van der Waals surface area (Å²) in [5, 5.41) is 8.67. The number of halogens is 1. The molecular formula is C9H8ClN3O. The molecule has 72 valence electrons. The Labute approximate surface area is 86.7 Å². The van der Waals surface area contributed by atoms with E-state index >= 15 is 0 Å². The third-order valence-corrected chi connectivity index (χ3v) is 1.83. The van der Waals surface area contributed by atoms with E-state index in [4.69, 9.17) is 16.9 Å². The molecule has 5 heteroatoms. The predicted octanol–water partition coefficient (Wildman–Crippen LogP) is 1.33. The Kier molecular flexibility index (Phi) is 3.43. The van der Waals surface area contributed by atoms with Gasteiger partial charge in [-0.3, -0.25) is 4.79 Å². The molecule has 1 aromatic heterocycles. The number of hydrogen-bond acceptors (Lipinski definition) is 3. The molecular weight excluding hydrogens is 202 g/mol. The van der Waals surface area contributed by atoms with Gasteiger partial charge in [-0.2, -0.15) is 5.26 Å². The van der Waals surface area contributed by atoms with Gasteiger partial charge >= 0.3 is 0 Å². The Morgan fingerprint density at radius 2 is 2.50 bits per heavy atom. The van der Waals surface area contributed by atoms with Crippen molar-refractivity contribution in [3.05, 3.63) is 29.0 Å². The molecule has 0 aliphatic heterocycles. The van der Waals surface area contributed by atoms with E-state index in [1.165, 1.54) is 17.2 Å². The van der Waals surface area contributed by atoms with E-state index in [9.17, 15) is 4.79 Å². The lowest BCUT2D eigenvalue weighted by molar-refractivity contribution is 0.0812. The summed E-state index contributed by atoms with van der Waals surface area (Å²) >= 11 is 5.62. The second-order valence-corrected chi connectivity index (χ2v) is 3.07. The Balaban J connectivity index is 2.85. The van der Waals surface area contributed by atoms with Crippen molar-refractivity contribution in [2.45, 2.75) is 0 Å².